The van der Waals surface area contributed by atoms with Crippen molar-refractivity contribution in [3.63, 3.8) is 0 Å². The molecule has 0 saturated heterocycles. The van der Waals surface area contributed by atoms with E-state index in [9.17, 15) is 22.8 Å². The first-order valence-corrected chi connectivity index (χ1v) is 4.49. The molecule has 0 radical (unpaired) electrons. The van der Waals surface area contributed by atoms with Gasteiger partial charge >= 0.3 is 18.1 Å². The number of hydrogen-bond acceptors (Lipinski definition) is 3. The number of aliphatic hydroxyl groups excluding tert-OH is 1. The highest BCUT2D eigenvalue weighted by Crippen LogP contribution is 2.31. The summed E-state index contributed by atoms with van der Waals surface area (Å²) in [6, 6.07) is -0.930. The van der Waals surface area contributed by atoms with Crippen molar-refractivity contribution < 1.29 is 33.0 Å². The van der Waals surface area contributed by atoms with Crippen LogP contribution >= 0.6 is 0 Å². The zero-order valence-electron chi connectivity index (χ0n) is 7.99. The average Bonchev–Trinajstić information content (AvgIpc) is 2.12. The van der Waals surface area contributed by atoms with Crippen molar-refractivity contribution >= 4 is 11.9 Å². The predicted molar refractivity (Wildman–Crippen MR) is 44.4 cm³/mol. The molecule has 0 heterocycles. The molecule has 0 aromatic carbocycles. The van der Waals surface area contributed by atoms with Crippen LogP contribution in [0.1, 0.15) is 12.8 Å². The molecule has 1 fully saturated rings. The summed E-state index contributed by atoms with van der Waals surface area (Å²) in [4.78, 5) is 20.9. The van der Waals surface area contributed by atoms with Gasteiger partial charge in [-0.05, 0) is 6.42 Å². The second kappa shape index (κ2) is 4.28. The van der Waals surface area contributed by atoms with Crippen molar-refractivity contribution in [3.05, 3.63) is 0 Å². The molecular weight excluding hydrogens is 231 g/mol. The number of halogens is 3. The van der Waals surface area contributed by atoms with Gasteiger partial charge in [-0.2, -0.15) is 13.2 Å². The lowest BCUT2D eigenvalue weighted by Gasteiger charge is -2.41. The van der Waals surface area contributed by atoms with Gasteiger partial charge in [0.05, 0.1) is 12.5 Å². The van der Waals surface area contributed by atoms with E-state index >= 15 is 0 Å². The number of alkyl halides is 3. The van der Waals surface area contributed by atoms with Crippen molar-refractivity contribution in [2.75, 3.05) is 0 Å². The lowest BCUT2D eigenvalue weighted by molar-refractivity contribution is -0.177. The molecule has 1 aliphatic carbocycles. The summed E-state index contributed by atoms with van der Waals surface area (Å²) < 4.78 is 35.6. The molecule has 1 aliphatic rings. The number of carbonyl (C=O) groups excluding carboxylic acids is 1. The number of nitrogens with one attached hydrogen (secondary N) is 1. The maximum absolute atomic E-state index is 11.9. The molecule has 0 aromatic rings. The molecule has 3 unspecified atom stereocenters. The highest BCUT2D eigenvalue weighted by molar-refractivity contribution is 5.82. The Morgan fingerprint density at radius 3 is 2.31 bits per heavy atom. The smallest absolute Gasteiger partial charge is 0.471 e. The molecule has 16 heavy (non-hydrogen) atoms. The molecule has 3 N–H and O–H groups in total. The zero-order valence-corrected chi connectivity index (χ0v) is 7.99. The van der Waals surface area contributed by atoms with Gasteiger partial charge in [0.25, 0.3) is 0 Å². The summed E-state index contributed by atoms with van der Waals surface area (Å²) in [5.74, 6) is -4.20. The summed E-state index contributed by atoms with van der Waals surface area (Å²) in [6.07, 6.45) is -6.49. The fourth-order valence-electron chi connectivity index (χ4n) is 1.58. The molecule has 0 spiro atoms. The minimum atomic E-state index is -4.99. The van der Waals surface area contributed by atoms with E-state index in [4.69, 9.17) is 10.2 Å². The summed E-state index contributed by atoms with van der Waals surface area (Å²) in [5, 5.41) is 19.2. The third-order valence-electron chi connectivity index (χ3n) is 2.49. The lowest BCUT2D eigenvalue weighted by Crippen LogP contribution is -2.58. The third-order valence-corrected chi connectivity index (χ3v) is 2.49. The number of carboxylic acids is 1. The first kappa shape index (κ1) is 12.8. The first-order chi connectivity index (χ1) is 7.21. The van der Waals surface area contributed by atoms with Crippen LogP contribution in [0.5, 0.6) is 0 Å². The summed E-state index contributed by atoms with van der Waals surface area (Å²) in [7, 11) is 0. The molecule has 0 bridgehead atoms. The number of aliphatic hydroxyl groups is 1. The van der Waals surface area contributed by atoms with E-state index in [1.807, 2.05) is 0 Å². The standard InChI is InChI=1S/C8H10F3NO4/c9-8(10,11)7(16)12-4-2-5(13)3(4)1-6(14)15/h3-5,13H,1-2H2,(H,12,16)(H,14,15). The van der Waals surface area contributed by atoms with Crippen LogP contribution in [0.2, 0.25) is 0 Å². The van der Waals surface area contributed by atoms with Crippen LogP contribution in [-0.4, -0.2) is 40.4 Å². The molecular formula is C8H10F3NO4. The second-order valence-corrected chi connectivity index (χ2v) is 3.64. The molecule has 92 valence electrons. The van der Waals surface area contributed by atoms with Gasteiger partial charge in [-0.25, -0.2) is 0 Å². The van der Waals surface area contributed by atoms with Gasteiger partial charge in [0.1, 0.15) is 0 Å². The molecule has 1 rings (SSSR count). The maximum atomic E-state index is 11.9. The van der Waals surface area contributed by atoms with E-state index < -0.39 is 42.5 Å². The molecule has 0 aliphatic heterocycles. The van der Waals surface area contributed by atoms with Gasteiger partial charge in [0.15, 0.2) is 0 Å². The molecule has 1 saturated carbocycles. The van der Waals surface area contributed by atoms with E-state index in [1.165, 1.54) is 0 Å². The van der Waals surface area contributed by atoms with E-state index in [0.29, 0.717) is 0 Å². The normalized spacial score (nSPS) is 29.4. The average molecular weight is 241 g/mol. The number of aliphatic carboxylic acids is 1. The van der Waals surface area contributed by atoms with Crippen LogP contribution in [0, 0.1) is 5.92 Å². The van der Waals surface area contributed by atoms with Crippen LogP contribution in [-0.2, 0) is 9.59 Å². The quantitative estimate of drug-likeness (QED) is 0.643. The van der Waals surface area contributed by atoms with E-state index in [-0.39, 0.29) is 6.42 Å². The number of carbonyl (C=O) groups is 2. The maximum Gasteiger partial charge on any atom is 0.471 e. The van der Waals surface area contributed by atoms with Gasteiger partial charge < -0.3 is 15.5 Å². The Bertz CT molecular complexity index is 304. The highest BCUT2D eigenvalue weighted by atomic mass is 19.4. The Morgan fingerprint density at radius 1 is 1.38 bits per heavy atom. The number of rotatable bonds is 3. The highest BCUT2D eigenvalue weighted by Gasteiger charge is 2.46. The topological polar surface area (TPSA) is 86.6 Å². The van der Waals surface area contributed by atoms with Crippen molar-refractivity contribution in [3.8, 4) is 0 Å². The van der Waals surface area contributed by atoms with Crippen molar-refractivity contribution in [2.45, 2.75) is 31.2 Å². The summed E-state index contributed by atoms with van der Waals surface area (Å²) in [6.45, 7) is 0. The van der Waals surface area contributed by atoms with Gasteiger partial charge in [0, 0.05) is 12.0 Å². The van der Waals surface area contributed by atoms with Gasteiger partial charge in [-0.3, -0.25) is 9.59 Å². The van der Waals surface area contributed by atoms with Gasteiger partial charge in [-0.1, -0.05) is 0 Å². The third kappa shape index (κ3) is 2.84. The molecule has 5 nitrogen and oxygen atoms in total. The second-order valence-electron chi connectivity index (χ2n) is 3.64. The van der Waals surface area contributed by atoms with Gasteiger partial charge in [-0.15, -0.1) is 0 Å². The fraction of sp³-hybridized carbons (Fsp3) is 0.750. The molecule has 0 aromatic heterocycles. The monoisotopic (exact) mass is 241 g/mol. The lowest BCUT2D eigenvalue weighted by atomic mass is 9.74. The van der Waals surface area contributed by atoms with Crippen LogP contribution in [0.25, 0.3) is 0 Å². The molecule has 8 heteroatoms. The SMILES string of the molecule is O=C(O)CC1C(O)CC1NC(=O)C(F)(F)F. The molecule has 1 amide bonds. The van der Waals surface area contributed by atoms with Crippen molar-refractivity contribution in [1.82, 2.24) is 5.32 Å². The van der Waals surface area contributed by atoms with Crippen LogP contribution in [0.4, 0.5) is 13.2 Å². The van der Waals surface area contributed by atoms with E-state index in [2.05, 4.69) is 0 Å². The minimum Gasteiger partial charge on any atom is -0.481 e. The van der Waals surface area contributed by atoms with Crippen molar-refractivity contribution in [2.24, 2.45) is 5.92 Å². The Morgan fingerprint density at radius 2 is 1.94 bits per heavy atom. The first-order valence-electron chi connectivity index (χ1n) is 4.49. The van der Waals surface area contributed by atoms with E-state index in [0.717, 1.165) is 0 Å². The fourth-order valence-corrected chi connectivity index (χ4v) is 1.58. The van der Waals surface area contributed by atoms with Gasteiger partial charge in [0.2, 0.25) is 0 Å². The van der Waals surface area contributed by atoms with Crippen LogP contribution in [0.3, 0.4) is 0 Å². The largest absolute Gasteiger partial charge is 0.481 e. The summed E-state index contributed by atoms with van der Waals surface area (Å²) >= 11 is 0. The minimum absolute atomic E-state index is 0.0558. The Balaban J connectivity index is 2.50. The van der Waals surface area contributed by atoms with E-state index in [1.54, 1.807) is 5.32 Å². The Labute approximate surface area is 88.2 Å². The number of hydrogen-bond donors (Lipinski definition) is 3. The van der Waals surface area contributed by atoms with Crippen molar-refractivity contribution in [1.29, 1.82) is 0 Å². The number of carboxylic acid groups (broad SMARTS) is 1. The summed E-state index contributed by atoms with van der Waals surface area (Å²) in [5.41, 5.74) is 0. The molecule has 3 atom stereocenters. The predicted octanol–water partition coefficient (Wildman–Crippen LogP) is -0.111. The van der Waals surface area contributed by atoms with Crippen LogP contribution < -0.4 is 5.32 Å². The zero-order chi connectivity index (χ0) is 12.5. The number of amides is 1. The Kier molecular flexibility index (Phi) is 3.41. The Hall–Kier alpha value is -1.31. The van der Waals surface area contributed by atoms with Crippen LogP contribution in [0.15, 0.2) is 0 Å².